The third kappa shape index (κ3) is 4.76. The van der Waals surface area contributed by atoms with Crippen molar-refractivity contribution in [3.8, 4) is 0 Å². The molecule has 27 heavy (non-hydrogen) atoms. The lowest BCUT2D eigenvalue weighted by Crippen LogP contribution is -2.24. The number of carboxylic acids is 1. The van der Waals surface area contributed by atoms with Crippen molar-refractivity contribution < 1.29 is 19.4 Å². The van der Waals surface area contributed by atoms with E-state index in [4.69, 9.17) is 4.74 Å². The van der Waals surface area contributed by atoms with E-state index in [0.717, 1.165) is 16.7 Å². The number of hydrogen-bond donors (Lipinski definition) is 2. The van der Waals surface area contributed by atoms with Crippen LogP contribution in [0.15, 0.2) is 60.7 Å². The third-order valence-electron chi connectivity index (χ3n) is 4.73. The molecule has 0 aliphatic heterocycles. The largest absolute Gasteiger partial charge is 0.481 e. The summed E-state index contributed by atoms with van der Waals surface area (Å²) in [5, 5.41) is 12.2. The van der Waals surface area contributed by atoms with Gasteiger partial charge in [0.05, 0.1) is 5.41 Å². The third-order valence-corrected chi connectivity index (χ3v) is 4.73. The molecule has 5 heteroatoms. The predicted octanol–water partition coefficient (Wildman–Crippen LogP) is 4.13. The summed E-state index contributed by atoms with van der Waals surface area (Å²) in [6, 6.07) is 17.1. The van der Waals surface area contributed by atoms with E-state index in [-0.39, 0.29) is 6.61 Å². The van der Waals surface area contributed by atoms with Crippen molar-refractivity contribution in [2.45, 2.75) is 31.3 Å². The molecule has 0 spiro atoms. The Morgan fingerprint density at radius 3 is 2.48 bits per heavy atom. The molecule has 3 rings (SSSR count). The van der Waals surface area contributed by atoms with Gasteiger partial charge in [-0.3, -0.25) is 4.79 Å². The number of amides is 1. The van der Waals surface area contributed by atoms with Crippen molar-refractivity contribution >= 4 is 18.1 Å². The Bertz CT molecular complexity index is 825. The number of carbonyl (C=O) groups excluding carboxylic acids is 1. The Kier molecular flexibility index (Phi) is 5.91. The molecule has 0 atom stereocenters. The van der Waals surface area contributed by atoms with Crippen LogP contribution < -0.4 is 5.32 Å². The molecule has 140 valence electrons. The lowest BCUT2D eigenvalue weighted by molar-refractivity contribution is -0.140. The maximum absolute atomic E-state index is 11.7. The van der Waals surface area contributed by atoms with Crippen molar-refractivity contribution in [1.29, 1.82) is 0 Å². The standard InChI is InChI=1S/C22H23NO4/c24-20(25)22(13-14-22)19-12-5-4-10-18(19)11-6-7-15-23-21(26)27-16-17-8-2-1-3-9-17/h1-6,8-12H,7,13-16H2,(H,23,26)(H,24,25). The van der Waals surface area contributed by atoms with Gasteiger partial charge in [-0.15, -0.1) is 0 Å². The number of benzene rings is 2. The second-order valence-electron chi connectivity index (χ2n) is 6.65. The topological polar surface area (TPSA) is 75.6 Å². The summed E-state index contributed by atoms with van der Waals surface area (Å²) in [5.41, 5.74) is 2.00. The van der Waals surface area contributed by atoms with E-state index >= 15 is 0 Å². The van der Waals surface area contributed by atoms with Gasteiger partial charge < -0.3 is 15.2 Å². The SMILES string of the molecule is O=C(NCCC=Cc1ccccc1C1(C(=O)O)CC1)OCc1ccccc1. The highest BCUT2D eigenvalue weighted by Crippen LogP contribution is 2.49. The van der Waals surface area contributed by atoms with Crippen LogP contribution in [0.2, 0.25) is 0 Å². The average Bonchev–Trinajstić information content (AvgIpc) is 3.49. The predicted molar refractivity (Wildman–Crippen MR) is 103 cm³/mol. The molecular weight excluding hydrogens is 342 g/mol. The fourth-order valence-corrected chi connectivity index (χ4v) is 3.04. The molecule has 2 aromatic carbocycles. The first-order chi connectivity index (χ1) is 13.1. The van der Waals surface area contributed by atoms with Gasteiger partial charge in [0.15, 0.2) is 0 Å². The van der Waals surface area contributed by atoms with Crippen LogP contribution in [-0.4, -0.2) is 23.7 Å². The lowest BCUT2D eigenvalue weighted by Gasteiger charge is -2.13. The Morgan fingerprint density at radius 1 is 1.07 bits per heavy atom. The minimum Gasteiger partial charge on any atom is -0.481 e. The zero-order valence-corrected chi connectivity index (χ0v) is 15.1. The molecule has 1 aliphatic rings. The highest BCUT2D eigenvalue weighted by Gasteiger charge is 2.52. The fraction of sp³-hybridized carbons (Fsp3) is 0.273. The van der Waals surface area contributed by atoms with Gasteiger partial charge >= 0.3 is 12.1 Å². The Hall–Kier alpha value is -3.08. The smallest absolute Gasteiger partial charge is 0.407 e. The molecule has 1 fully saturated rings. The number of ether oxygens (including phenoxy) is 1. The number of aliphatic carboxylic acids is 1. The molecule has 1 saturated carbocycles. The summed E-state index contributed by atoms with van der Waals surface area (Å²) in [6.45, 7) is 0.698. The molecule has 0 saturated heterocycles. The van der Waals surface area contributed by atoms with E-state index in [1.54, 1.807) is 0 Å². The minimum absolute atomic E-state index is 0.243. The normalized spacial score (nSPS) is 14.7. The molecule has 1 amide bonds. The second kappa shape index (κ2) is 8.54. The van der Waals surface area contributed by atoms with Crippen molar-refractivity contribution in [3.63, 3.8) is 0 Å². The monoisotopic (exact) mass is 365 g/mol. The van der Waals surface area contributed by atoms with E-state index in [9.17, 15) is 14.7 Å². The Labute approximate surface area is 158 Å². The summed E-state index contributed by atoms with van der Waals surface area (Å²) in [4.78, 5) is 23.3. The summed E-state index contributed by atoms with van der Waals surface area (Å²) in [5.74, 6) is -0.758. The van der Waals surface area contributed by atoms with Gasteiger partial charge in [0, 0.05) is 6.54 Å². The van der Waals surface area contributed by atoms with E-state index < -0.39 is 17.5 Å². The van der Waals surface area contributed by atoms with E-state index in [0.29, 0.717) is 25.8 Å². The first-order valence-corrected chi connectivity index (χ1v) is 9.06. The molecule has 2 aromatic rings. The molecule has 0 bridgehead atoms. The van der Waals surface area contributed by atoms with Crippen molar-refractivity contribution in [2.75, 3.05) is 6.54 Å². The van der Waals surface area contributed by atoms with Gasteiger partial charge in [0.1, 0.15) is 6.61 Å². The molecular formula is C22H23NO4. The van der Waals surface area contributed by atoms with Crippen LogP contribution in [0.1, 0.15) is 36.0 Å². The lowest BCUT2D eigenvalue weighted by atomic mass is 9.91. The van der Waals surface area contributed by atoms with Crippen molar-refractivity contribution in [1.82, 2.24) is 5.32 Å². The van der Waals surface area contributed by atoms with Gasteiger partial charge in [-0.25, -0.2) is 4.79 Å². The first-order valence-electron chi connectivity index (χ1n) is 9.06. The molecule has 1 aliphatic carbocycles. The molecule has 2 N–H and O–H groups in total. The van der Waals surface area contributed by atoms with Crippen LogP contribution in [0.4, 0.5) is 4.79 Å². The van der Waals surface area contributed by atoms with Gasteiger partial charge in [0.2, 0.25) is 0 Å². The minimum atomic E-state index is -0.758. The maximum atomic E-state index is 11.7. The van der Waals surface area contributed by atoms with Gasteiger partial charge in [-0.05, 0) is 36.0 Å². The van der Waals surface area contributed by atoms with Gasteiger partial charge in [-0.1, -0.05) is 66.7 Å². The highest BCUT2D eigenvalue weighted by atomic mass is 16.5. The van der Waals surface area contributed by atoms with E-state index in [1.807, 2.05) is 66.7 Å². The molecule has 0 unspecified atom stereocenters. The number of hydrogen-bond acceptors (Lipinski definition) is 3. The van der Waals surface area contributed by atoms with Crippen molar-refractivity contribution in [3.05, 3.63) is 77.4 Å². The van der Waals surface area contributed by atoms with Crippen LogP contribution in [0, 0.1) is 0 Å². The number of carboxylic acid groups (broad SMARTS) is 1. The zero-order chi connectivity index (χ0) is 19.1. The quantitative estimate of drug-likeness (QED) is 0.690. The van der Waals surface area contributed by atoms with Crippen LogP contribution in [0.25, 0.3) is 6.08 Å². The number of nitrogens with one attached hydrogen (secondary N) is 1. The number of rotatable bonds is 8. The van der Waals surface area contributed by atoms with Gasteiger partial charge in [0.25, 0.3) is 0 Å². The summed E-state index contributed by atoms with van der Waals surface area (Å²) in [7, 11) is 0. The fourth-order valence-electron chi connectivity index (χ4n) is 3.04. The maximum Gasteiger partial charge on any atom is 0.407 e. The summed E-state index contributed by atoms with van der Waals surface area (Å²) >= 11 is 0. The van der Waals surface area contributed by atoms with Crippen LogP contribution in [0.3, 0.4) is 0 Å². The molecule has 0 heterocycles. The molecule has 0 radical (unpaired) electrons. The summed E-state index contributed by atoms with van der Waals surface area (Å²) in [6.07, 6.45) is 5.41. The average molecular weight is 365 g/mol. The Morgan fingerprint density at radius 2 is 1.78 bits per heavy atom. The summed E-state index contributed by atoms with van der Waals surface area (Å²) < 4.78 is 5.15. The zero-order valence-electron chi connectivity index (χ0n) is 15.1. The van der Waals surface area contributed by atoms with Crippen molar-refractivity contribution in [2.24, 2.45) is 0 Å². The first kappa shape index (κ1) is 18.7. The second-order valence-corrected chi connectivity index (χ2v) is 6.65. The molecule has 0 aromatic heterocycles. The van der Waals surface area contributed by atoms with Crippen LogP contribution in [-0.2, 0) is 21.6 Å². The number of carbonyl (C=O) groups is 2. The highest BCUT2D eigenvalue weighted by molar-refractivity contribution is 5.86. The van der Waals surface area contributed by atoms with Gasteiger partial charge in [-0.2, -0.15) is 0 Å². The van der Waals surface area contributed by atoms with Crippen LogP contribution in [0.5, 0.6) is 0 Å². The van der Waals surface area contributed by atoms with E-state index in [2.05, 4.69) is 5.32 Å². The molecule has 5 nitrogen and oxygen atoms in total. The van der Waals surface area contributed by atoms with Crippen LogP contribution >= 0.6 is 0 Å². The number of alkyl carbamates (subject to hydrolysis) is 1. The Balaban J connectivity index is 1.45. The van der Waals surface area contributed by atoms with E-state index in [1.165, 1.54) is 0 Å².